The number of amidine groups is 1. The number of urea groups is 1. The fourth-order valence-electron chi connectivity index (χ4n) is 2.18. The van der Waals surface area contributed by atoms with Crippen LogP contribution >= 0.6 is 0 Å². The summed E-state index contributed by atoms with van der Waals surface area (Å²) in [6.45, 7) is 0. The van der Waals surface area contributed by atoms with Crippen molar-refractivity contribution < 1.29 is 10.0 Å². The summed E-state index contributed by atoms with van der Waals surface area (Å²) >= 11 is 0. The van der Waals surface area contributed by atoms with Crippen LogP contribution in [0.5, 0.6) is 0 Å². The van der Waals surface area contributed by atoms with E-state index in [1.54, 1.807) is 7.05 Å². The molecule has 0 bridgehead atoms. The highest BCUT2D eigenvalue weighted by Crippen LogP contribution is 2.26. The van der Waals surface area contributed by atoms with Crippen LogP contribution in [0.4, 0.5) is 4.79 Å². The SMILES string of the molecule is CNC(=O)NC(C(N)=NO)C1CCCCC1. The monoisotopic (exact) mass is 228 g/mol. The molecule has 92 valence electrons. The maximum atomic E-state index is 11.3. The molecule has 6 heteroatoms. The minimum absolute atomic E-state index is 0.0792. The maximum absolute atomic E-state index is 11.3. The second kappa shape index (κ2) is 6.19. The highest BCUT2D eigenvalue weighted by Gasteiger charge is 2.28. The van der Waals surface area contributed by atoms with Crippen molar-refractivity contribution in [2.45, 2.75) is 38.1 Å². The van der Waals surface area contributed by atoms with Crippen LogP contribution in [0.15, 0.2) is 5.16 Å². The summed E-state index contributed by atoms with van der Waals surface area (Å²) in [7, 11) is 1.54. The Kier molecular flexibility index (Phi) is 4.88. The Morgan fingerprint density at radius 2 is 2.06 bits per heavy atom. The van der Waals surface area contributed by atoms with Crippen LogP contribution in [0.3, 0.4) is 0 Å². The van der Waals surface area contributed by atoms with E-state index < -0.39 is 0 Å². The maximum Gasteiger partial charge on any atom is 0.315 e. The van der Waals surface area contributed by atoms with E-state index in [4.69, 9.17) is 10.9 Å². The number of amides is 2. The third-order valence-corrected chi connectivity index (χ3v) is 3.07. The summed E-state index contributed by atoms with van der Waals surface area (Å²) in [6.07, 6.45) is 5.50. The molecule has 0 aromatic carbocycles. The highest BCUT2D eigenvalue weighted by atomic mass is 16.4. The molecule has 1 fully saturated rings. The fraction of sp³-hybridized carbons (Fsp3) is 0.800. The molecule has 0 saturated heterocycles. The molecule has 1 rings (SSSR count). The van der Waals surface area contributed by atoms with Crippen molar-refractivity contribution >= 4 is 11.9 Å². The van der Waals surface area contributed by atoms with Gasteiger partial charge in [0.05, 0.1) is 6.04 Å². The van der Waals surface area contributed by atoms with E-state index in [-0.39, 0.29) is 23.8 Å². The molecule has 1 saturated carbocycles. The second-order valence-electron chi connectivity index (χ2n) is 4.12. The summed E-state index contributed by atoms with van der Waals surface area (Å²) < 4.78 is 0. The van der Waals surface area contributed by atoms with Gasteiger partial charge in [0, 0.05) is 7.05 Å². The summed E-state index contributed by atoms with van der Waals surface area (Å²) in [5, 5.41) is 16.9. The van der Waals surface area contributed by atoms with Gasteiger partial charge >= 0.3 is 6.03 Å². The van der Waals surface area contributed by atoms with Crippen LogP contribution in [0, 0.1) is 5.92 Å². The number of oxime groups is 1. The van der Waals surface area contributed by atoms with Crippen molar-refractivity contribution in [1.82, 2.24) is 10.6 Å². The smallest absolute Gasteiger partial charge is 0.315 e. The molecular formula is C10H20N4O2. The quantitative estimate of drug-likeness (QED) is 0.246. The lowest BCUT2D eigenvalue weighted by Crippen LogP contribution is -2.52. The van der Waals surface area contributed by atoms with Crippen LogP contribution in [-0.4, -0.2) is 30.2 Å². The molecule has 5 N–H and O–H groups in total. The number of nitrogens with two attached hydrogens (primary N) is 1. The van der Waals surface area contributed by atoms with Gasteiger partial charge in [-0.15, -0.1) is 0 Å². The van der Waals surface area contributed by atoms with E-state index >= 15 is 0 Å². The van der Waals surface area contributed by atoms with Crippen molar-refractivity contribution in [3.8, 4) is 0 Å². The van der Waals surface area contributed by atoms with Gasteiger partial charge in [0.2, 0.25) is 0 Å². The molecule has 6 nitrogen and oxygen atoms in total. The number of carbonyl (C=O) groups is 1. The molecule has 0 aliphatic heterocycles. The van der Waals surface area contributed by atoms with Crippen LogP contribution in [0.1, 0.15) is 32.1 Å². The minimum Gasteiger partial charge on any atom is -0.409 e. The summed E-state index contributed by atoms with van der Waals surface area (Å²) in [5.74, 6) is 0.345. The van der Waals surface area contributed by atoms with Crippen molar-refractivity contribution in [3.63, 3.8) is 0 Å². The molecule has 1 unspecified atom stereocenters. The molecule has 1 atom stereocenters. The predicted octanol–water partition coefficient (Wildman–Crippen LogP) is 0.611. The Labute approximate surface area is 95.3 Å². The standard InChI is InChI=1S/C10H20N4O2/c1-12-10(15)13-8(9(11)14-16)7-5-3-2-4-6-7/h7-8,16H,2-6H2,1H3,(H2,11,14)(H2,12,13,15). The first-order valence-corrected chi connectivity index (χ1v) is 5.64. The van der Waals surface area contributed by atoms with Gasteiger partial charge < -0.3 is 21.6 Å². The van der Waals surface area contributed by atoms with Gasteiger partial charge in [0.1, 0.15) is 0 Å². The molecule has 0 spiro atoms. The van der Waals surface area contributed by atoms with Gasteiger partial charge in [-0.25, -0.2) is 4.79 Å². The van der Waals surface area contributed by atoms with E-state index in [2.05, 4.69) is 15.8 Å². The Morgan fingerprint density at radius 3 is 2.56 bits per heavy atom. The van der Waals surface area contributed by atoms with E-state index in [0.717, 1.165) is 25.7 Å². The van der Waals surface area contributed by atoms with Gasteiger partial charge in [-0.05, 0) is 18.8 Å². The van der Waals surface area contributed by atoms with E-state index in [0.29, 0.717) is 0 Å². The van der Waals surface area contributed by atoms with E-state index in [1.165, 1.54) is 6.42 Å². The van der Waals surface area contributed by atoms with Crippen LogP contribution in [0.25, 0.3) is 0 Å². The third-order valence-electron chi connectivity index (χ3n) is 3.07. The van der Waals surface area contributed by atoms with Crippen LogP contribution < -0.4 is 16.4 Å². The second-order valence-corrected chi connectivity index (χ2v) is 4.12. The Balaban J connectivity index is 2.65. The van der Waals surface area contributed by atoms with Gasteiger partial charge in [0.25, 0.3) is 0 Å². The molecule has 2 amide bonds. The minimum atomic E-state index is -0.370. The van der Waals surface area contributed by atoms with E-state index in [1.807, 2.05) is 0 Å². The average molecular weight is 228 g/mol. The highest BCUT2D eigenvalue weighted by molar-refractivity contribution is 5.89. The summed E-state index contributed by atoms with van der Waals surface area (Å²) in [5.41, 5.74) is 5.61. The number of carbonyl (C=O) groups excluding carboxylic acids is 1. The Morgan fingerprint density at radius 1 is 1.44 bits per heavy atom. The summed E-state index contributed by atoms with van der Waals surface area (Å²) in [4.78, 5) is 11.3. The molecule has 1 aliphatic rings. The molecule has 1 aliphatic carbocycles. The fourth-order valence-corrected chi connectivity index (χ4v) is 2.18. The van der Waals surface area contributed by atoms with Gasteiger partial charge in [-0.1, -0.05) is 24.4 Å². The zero-order valence-corrected chi connectivity index (χ0v) is 9.57. The normalized spacial score (nSPS) is 20.2. The predicted molar refractivity (Wildman–Crippen MR) is 61.4 cm³/mol. The number of nitrogens with one attached hydrogen (secondary N) is 2. The zero-order chi connectivity index (χ0) is 12.0. The van der Waals surface area contributed by atoms with E-state index in [9.17, 15) is 4.79 Å². The third kappa shape index (κ3) is 3.29. The van der Waals surface area contributed by atoms with Crippen LogP contribution in [0.2, 0.25) is 0 Å². The zero-order valence-electron chi connectivity index (χ0n) is 9.57. The number of rotatable bonds is 3. The van der Waals surface area contributed by atoms with Gasteiger partial charge in [0.15, 0.2) is 5.84 Å². The van der Waals surface area contributed by atoms with Crippen LogP contribution in [-0.2, 0) is 0 Å². The first-order valence-electron chi connectivity index (χ1n) is 5.64. The number of hydrogen-bond acceptors (Lipinski definition) is 3. The van der Waals surface area contributed by atoms with Gasteiger partial charge in [-0.2, -0.15) is 0 Å². The molecule has 0 heterocycles. The van der Waals surface area contributed by atoms with Gasteiger partial charge in [-0.3, -0.25) is 0 Å². The molecule has 0 aromatic rings. The molecule has 0 radical (unpaired) electrons. The van der Waals surface area contributed by atoms with Crippen molar-refractivity contribution in [3.05, 3.63) is 0 Å². The molecule has 0 aromatic heterocycles. The average Bonchev–Trinajstić information content (AvgIpc) is 2.35. The lowest BCUT2D eigenvalue weighted by Gasteiger charge is -2.29. The largest absolute Gasteiger partial charge is 0.409 e. The molecular weight excluding hydrogens is 208 g/mol. The lowest BCUT2D eigenvalue weighted by atomic mass is 9.83. The lowest BCUT2D eigenvalue weighted by molar-refractivity contribution is 0.232. The molecule has 16 heavy (non-hydrogen) atoms. The number of nitrogens with zero attached hydrogens (tertiary/aromatic N) is 1. The topological polar surface area (TPSA) is 99.7 Å². The summed E-state index contributed by atoms with van der Waals surface area (Å²) in [6, 6.07) is -0.674. The first kappa shape index (κ1) is 12.6. The van der Waals surface area contributed by atoms with Crippen molar-refractivity contribution in [2.24, 2.45) is 16.8 Å². The Bertz CT molecular complexity index is 262. The first-order chi connectivity index (χ1) is 7.69. The Hall–Kier alpha value is -1.46. The van der Waals surface area contributed by atoms with Crippen molar-refractivity contribution in [1.29, 1.82) is 0 Å². The van der Waals surface area contributed by atoms with Crippen molar-refractivity contribution in [2.75, 3.05) is 7.05 Å². The number of hydrogen-bond donors (Lipinski definition) is 4.